The summed E-state index contributed by atoms with van der Waals surface area (Å²) < 4.78 is 5.27. The average molecular weight is 351 g/mol. The number of hydrogen-bond donors (Lipinski definition) is 3. The Kier molecular flexibility index (Phi) is 8.25. The van der Waals surface area contributed by atoms with Crippen LogP contribution in [0.5, 0.6) is 5.75 Å². The summed E-state index contributed by atoms with van der Waals surface area (Å²) in [5.74, 6) is 1.73. The van der Waals surface area contributed by atoms with Crippen molar-refractivity contribution in [2.45, 2.75) is 58.9 Å². The Morgan fingerprint density at radius 3 is 2.24 bits per heavy atom. The van der Waals surface area contributed by atoms with E-state index in [2.05, 4.69) is 12.2 Å². The number of benzene rings is 1. The van der Waals surface area contributed by atoms with Gasteiger partial charge in [-0.3, -0.25) is 4.79 Å². The second-order valence-corrected chi connectivity index (χ2v) is 6.74. The Hall–Kier alpha value is -2.24. The quantitative estimate of drug-likeness (QED) is 0.767. The number of aryl methyl sites for hydroxylation is 2. The van der Waals surface area contributed by atoms with E-state index in [4.69, 9.17) is 19.7 Å². The van der Waals surface area contributed by atoms with Crippen LogP contribution in [0, 0.1) is 19.8 Å². The van der Waals surface area contributed by atoms with Crippen molar-refractivity contribution in [2.75, 3.05) is 7.11 Å². The van der Waals surface area contributed by atoms with Gasteiger partial charge in [0.05, 0.1) is 13.5 Å². The summed E-state index contributed by atoms with van der Waals surface area (Å²) in [5.41, 5.74) is 3.37. The molecule has 2 atom stereocenters. The van der Waals surface area contributed by atoms with Crippen LogP contribution in [0.25, 0.3) is 0 Å². The molecule has 3 N–H and O–H groups in total. The summed E-state index contributed by atoms with van der Waals surface area (Å²) in [6.07, 6.45) is 3.39. The second kappa shape index (κ2) is 9.91. The predicted molar refractivity (Wildman–Crippen MR) is 96.4 cm³/mol. The summed E-state index contributed by atoms with van der Waals surface area (Å²) >= 11 is 0. The highest BCUT2D eigenvalue weighted by Gasteiger charge is 2.21. The zero-order valence-corrected chi connectivity index (χ0v) is 15.5. The number of ether oxygens (including phenoxy) is 1. The molecule has 0 heterocycles. The molecule has 0 radical (unpaired) electrons. The smallest absolute Gasteiger partial charge is 0.497 e. The van der Waals surface area contributed by atoms with Crippen molar-refractivity contribution in [3.8, 4) is 5.75 Å². The number of nitrogens with one attached hydrogen (secondary N) is 1. The maximum absolute atomic E-state index is 12.3. The number of hydrogen-bond acceptors (Lipinski definition) is 3. The Morgan fingerprint density at radius 2 is 1.76 bits per heavy atom. The van der Waals surface area contributed by atoms with Gasteiger partial charge in [0.15, 0.2) is 0 Å². The van der Waals surface area contributed by atoms with Gasteiger partial charge in [-0.15, -0.1) is 0 Å². The van der Waals surface area contributed by atoms with Gasteiger partial charge in [0.2, 0.25) is 5.91 Å². The lowest BCUT2D eigenvalue weighted by Crippen LogP contribution is -2.38. The highest BCUT2D eigenvalue weighted by atomic mass is 16.6. The molecule has 0 saturated heterocycles. The van der Waals surface area contributed by atoms with Crippen LogP contribution < -0.4 is 10.1 Å². The minimum absolute atomic E-state index is 0.144. The number of methoxy groups -OCH3 is 1. The first-order valence-corrected chi connectivity index (χ1v) is 8.58. The van der Waals surface area contributed by atoms with Crippen molar-refractivity contribution < 1.29 is 24.5 Å². The largest absolute Gasteiger partial charge is 0.503 e. The van der Waals surface area contributed by atoms with Gasteiger partial charge in [0.1, 0.15) is 5.75 Å². The van der Waals surface area contributed by atoms with Crippen molar-refractivity contribution in [1.82, 2.24) is 5.32 Å². The molecule has 6 heteroatoms. The van der Waals surface area contributed by atoms with Crippen molar-refractivity contribution in [3.05, 3.63) is 28.8 Å². The van der Waals surface area contributed by atoms with Crippen LogP contribution in [0.1, 0.15) is 49.3 Å². The van der Waals surface area contributed by atoms with E-state index >= 15 is 0 Å². The van der Waals surface area contributed by atoms with Gasteiger partial charge in [-0.1, -0.05) is 19.8 Å². The molecule has 2 rings (SSSR count). The minimum atomic E-state index is -1.83. The maximum atomic E-state index is 12.3. The van der Waals surface area contributed by atoms with Gasteiger partial charge >= 0.3 is 6.16 Å². The Morgan fingerprint density at radius 1 is 1.20 bits per heavy atom. The maximum Gasteiger partial charge on any atom is 0.503 e. The zero-order valence-electron chi connectivity index (χ0n) is 15.5. The van der Waals surface area contributed by atoms with Crippen LogP contribution in [0.15, 0.2) is 12.1 Å². The van der Waals surface area contributed by atoms with E-state index in [0.29, 0.717) is 12.5 Å². The van der Waals surface area contributed by atoms with Crippen LogP contribution in [-0.2, 0) is 11.2 Å². The predicted octanol–water partition coefficient (Wildman–Crippen LogP) is 3.77. The van der Waals surface area contributed by atoms with Crippen molar-refractivity contribution in [3.63, 3.8) is 0 Å². The molecular weight excluding hydrogens is 322 g/mol. The third kappa shape index (κ3) is 7.45. The van der Waals surface area contributed by atoms with E-state index in [1.54, 1.807) is 7.11 Å². The fourth-order valence-electron chi connectivity index (χ4n) is 3.35. The molecule has 140 valence electrons. The standard InChI is InChI=1S/C18H27NO2.CH2O3/c1-12-6-5-7-15(8-12)19-18(20)11-17-13(2)9-16(21-4)10-14(17)3;2-1(3)4/h9-10,12,15H,5-8,11H2,1-4H3,(H,19,20);(H2,2,3,4). The molecule has 0 spiro atoms. The molecule has 1 saturated carbocycles. The number of carboxylic acid groups (broad SMARTS) is 2. The average Bonchev–Trinajstić information content (AvgIpc) is 2.50. The van der Waals surface area contributed by atoms with Crippen LogP contribution in [0.2, 0.25) is 0 Å². The molecular formula is C19H29NO5. The van der Waals surface area contributed by atoms with E-state index in [1.165, 1.54) is 12.8 Å². The zero-order chi connectivity index (χ0) is 19.0. The fraction of sp³-hybridized carbons (Fsp3) is 0.579. The van der Waals surface area contributed by atoms with E-state index < -0.39 is 6.16 Å². The number of amides is 1. The molecule has 1 fully saturated rings. The Bertz CT molecular complexity index is 572. The van der Waals surface area contributed by atoms with Gasteiger partial charge in [-0.2, -0.15) is 0 Å². The fourth-order valence-corrected chi connectivity index (χ4v) is 3.35. The molecule has 1 aliphatic carbocycles. The highest BCUT2D eigenvalue weighted by molar-refractivity contribution is 5.79. The SMILES string of the molecule is COc1cc(C)c(CC(=O)NC2CCCC(C)C2)c(C)c1.O=C(O)O. The number of carbonyl (C=O) groups excluding carboxylic acids is 1. The van der Waals surface area contributed by atoms with E-state index in [9.17, 15) is 4.79 Å². The molecule has 1 aromatic carbocycles. The van der Waals surface area contributed by atoms with Crippen LogP contribution in [0.4, 0.5) is 4.79 Å². The molecule has 1 amide bonds. The monoisotopic (exact) mass is 351 g/mol. The third-order valence-electron chi connectivity index (χ3n) is 4.54. The first-order chi connectivity index (χ1) is 11.7. The molecule has 0 bridgehead atoms. The molecule has 25 heavy (non-hydrogen) atoms. The second-order valence-electron chi connectivity index (χ2n) is 6.74. The van der Waals surface area contributed by atoms with Gasteiger partial charge in [0.25, 0.3) is 0 Å². The first-order valence-electron chi connectivity index (χ1n) is 8.58. The molecule has 1 aliphatic rings. The minimum Gasteiger partial charge on any atom is -0.497 e. The van der Waals surface area contributed by atoms with Gasteiger partial charge in [-0.05, 0) is 61.4 Å². The van der Waals surface area contributed by atoms with Gasteiger partial charge in [-0.25, -0.2) is 4.79 Å². The summed E-state index contributed by atoms with van der Waals surface area (Å²) in [7, 11) is 1.67. The Balaban J connectivity index is 0.000000705. The van der Waals surface area contributed by atoms with E-state index in [1.807, 2.05) is 26.0 Å². The number of rotatable bonds is 4. The third-order valence-corrected chi connectivity index (χ3v) is 4.54. The summed E-state index contributed by atoms with van der Waals surface area (Å²) in [6.45, 7) is 6.36. The van der Waals surface area contributed by atoms with Crippen molar-refractivity contribution in [1.29, 1.82) is 0 Å². The summed E-state index contributed by atoms with van der Waals surface area (Å²) in [5, 5.41) is 17.2. The summed E-state index contributed by atoms with van der Waals surface area (Å²) in [6, 6.07) is 4.36. The van der Waals surface area contributed by atoms with Crippen LogP contribution in [0.3, 0.4) is 0 Å². The van der Waals surface area contributed by atoms with Gasteiger partial charge in [0, 0.05) is 6.04 Å². The number of carbonyl (C=O) groups is 2. The topological polar surface area (TPSA) is 95.9 Å². The van der Waals surface area contributed by atoms with E-state index in [0.717, 1.165) is 41.2 Å². The van der Waals surface area contributed by atoms with Crippen LogP contribution in [-0.4, -0.2) is 35.4 Å². The van der Waals surface area contributed by atoms with Crippen molar-refractivity contribution >= 4 is 12.1 Å². The first kappa shape index (κ1) is 20.8. The lowest BCUT2D eigenvalue weighted by Gasteiger charge is -2.27. The van der Waals surface area contributed by atoms with E-state index in [-0.39, 0.29) is 5.91 Å². The molecule has 0 aromatic heterocycles. The van der Waals surface area contributed by atoms with Crippen molar-refractivity contribution in [2.24, 2.45) is 5.92 Å². The molecule has 1 aromatic rings. The summed E-state index contributed by atoms with van der Waals surface area (Å²) in [4.78, 5) is 20.9. The lowest BCUT2D eigenvalue weighted by atomic mass is 9.87. The Labute approximate surface area is 149 Å². The lowest BCUT2D eigenvalue weighted by molar-refractivity contribution is -0.121. The molecule has 6 nitrogen and oxygen atoms in total. The highest BCUT2D eigenvalue weighted by Crippen LogP contribution is 2.24. The molecule has 0 aliphatic heterocycles. The van der Waals surface area contributed by atoms with Gasteiger partial charge < -0.3 is 20.3 Å². The van der Waals surface area contributed by atoms with Crippen LogP contribution >= 0.6 is 0 Å². The normalized spacial score (nSPS) is 19.4. The molecule has 2 unspecified atom stereocenters.